The van der Waals surface area contributed by atoms with Gasteiger partial charge < -0.3 is 0 Å². The van der Waals surface area contributed by atoms with E-state index in [-0.39, 0.29) is 5.69 Å². The quantitative estimate of drug-likeness (QED) is 0.442. The fourth-order valence-electron chi connectivity index (χ4n) is 4.68. The average Bonchev–Trinajstić information content (AvgIpc) is 3.21. The van der Waals surface area contributed by atoms with Crippen LogP contribution in [0.2, 0.25) is 0 Å². The van der Waals surface area contributed by atoms with Gasteiger partial charge in [0.2, 0.25) is 5.82 Å². The highest BCUT2D eigenvalue weighted by molar-refractivity contribution is 5.79. The number of nitrogens with one attached hydrogen (secondary N) is 1. The van der Waals surface area contributed by atoms with Crippen LogP contribution in [0, 0.1) is 11.8 Å². The maximum Gasteiger partial charge on any atom is 0.328 e. The highest BCUT2D eigenvalue weighted by atomic mass is 16.1. The fourth-order valence-corrected chi connectivity index (χ4v) is 4.68. The molecular weight excluding hydrogens is 414 g/mol. The Morgan fingerprint density at radius 2 is 1.85 bits per heavy atom. The molecule has 4 aromatic rings. The number of aromatic amines is 1. The molecule has 170 valence electrons. The van der Waals surface area contributed by atoms with Crippen LogP contribution in [0.1, 0.15) is 51.0 Å². The van der Waals surface area contributed by atoms with Crippen molar-refractivity contribution in [1.29, 1.82) is 0 Å². The Morgan fingerprint density at radius 3 is 2.48 bits per heavy atom. The molecule has 0 saturated heterocycles. The Kier molecular flexibility index (Phi) is 5.66. The van der Waals surface area contributed by atoms with Crippen molar-refractivity contribution in [2.75, 3.05) is 0 Å². The van der Waals surface area contributed by atoms with Crippen molar-refractivity contribution in [3.63, 3.8) is 0 Å². The van der Waals surface area contributed by atoms with E-state index in [4.69, 9.17) is 4.98 Å². The lowest BCUT2D eigenvalue weighted by atomic mass is 10.0. The van der Waals surface area contributed by atoms with Gasteiger partial charge in [0, 0.05) is 35.3 Å². The first-order valence-electron chi connectivity index (χ1n) is 11.7. The summed E-state index contributed by atoms with van der Waals surface area (Å²) in [5.41, 5.74) is 4.89. The summed E-state index contributed by atoms with van der Waals surface area (Å²) in [6.45, 7) is 7.10. The molecule has 2 atom stereocenters. The Balaban J connectivity index is 1.43. The van der Waals surface area contributed by atoms with Crippen molar-refractivity contribution in [3.05, 3.63) is 70.7 Å². The highest BCUT2D eigenvalue weighted by Gasteiger charge is 2.45. The second kappa shape index (κ2) is 8.77. The lowest BCUT2D eigenvalue weighted by molar-refractivity contribution is 0.605. The fraction of sp³-hybridized carbons (Fsp3) is 0.400. The number of nitrogens with zero attached hydrogens (tertiary/aromatic N) is 6. The van der Waals surface area contributed by atoms with Gasteiger partial charge in [-0.3, -0.25) is 14.1 Å². The van der Waals surface area contributed by atoms with Crippen LogP contribution in [0.4, 0.5) is 0 Å². The van der Waals surface area contributed by atoms with Gasteiger partial charge in [0.25, 0.3) is 0 Å². The van der Waals surface area contributed by atoms with Crippen molar-refractivity contribution in [2.45, 2.75) is 52.6 Å². The molecule has 1 aliphatic rings. The standard InChI is InChI=1S/C25H29N7O/c1-4-5-8-20-15-32(23-16(2)17(23)3)25(33)31(20)14-19-12-11-18(13-26-19)21-9-6-7-10-22(21)24-27-29-30-28-24/h6-7,9-13,15-17,23H,4-5,8,14H2,1-3H3,(H,27,28,29,30). The van der Waals surface area contributed by atoms with Crippen LogP contribution < -0.4 is 5.69 Å². The van der Waals surface area contributed by atoms with Gasteiger partial charge in [0.1, 0.15) is 0 Å². The molecule has 0 bridgehead atoms. The van der Waals surface area contributed by atoms with Gasteiger partial charge in [-0.2, -0.15) is 5.21 Å². The normalized spacial score (nSPS) is 19.7. The summed E-state index contributed by atoms with van der Waals surface area (Å²) < 4.78 is 3.86. The number of rotatable bonds is 8. The number of unbranched alkanes of at least 4 members (excludes halogenated alkanes) is 1. The molecular formula is C25H29N7O. The lowest BCUT2D eigenvalue weighted by Crippen LogP contribution is -2.26. The van der Waals surface area contributed by atoms with Gasteiger partial charge in [-0.05, 0) is 41.5 Å². The summed E-state index contributed by atoms with van der Waals surface area (Å²) in [6.07, 6.45) is 7.01. The average molecular weight is 444 g/mol. The number of hydrogen-bond acceptors (Lipinski definition) is 5. The largest absolute Gasteiger partial charge is 0.328 e. The summed E-state index contributed by atoms with van der Waals surface area (Å²) in [6, 6.07) is 12.3. The van der Waals surface area contributed by atoms with Gasteiger partial charge >= 0.3 is 5.69 Å². The second-order valence-corrected chi connectivity index (χ2v) is 9.03. The Bertz CT molecular complexity index is 1280. The molecule has 8 heteroatoms. The van der Waals surface area contributed by atoms with E-state index in [0.29, 0.717) is 30.2 Å². The summed E-state index contributed by atoms with van der Waals surface area (Å²) in [4.78, 5) is 18.0. The molecule has 1 N–H and O–H groups in total. The predicted molar refractivity (Wildman–Crippen MR) is 127 cm³/mol. The molecule has 0 spiro atoms. The van der Waals surface area contributed by atoms with Crippen molar-refractivity contribution in [3.8, 4) is 22.5 Å². The first-order valence-corrected chi connectivity index (χ1v) is 11.7. The zero-order valence-corrected chi connectivity index (χ0v) is 19.3. The highest BCUT2D eigenvalue weighted by Crippen LogP contribution is 2.49. The van der Waals surface area contributed by atoms with E-state index in [0.717, 1.165) is 47.3 Å². The Morgan fingerprint density at radius 1 is 1.06 bits per heavy atom. The maximum atomic E-state index is 13.3. The van der Waals surface area contributed by atoms with Gasteiger partial charge in [-0.1, -0.05) is 57.5 Å². The molecule has 3 aromatic heterocycles. The number of imidazole rings is 1. The second-order valence-electron chi connectivity index (χ2n) is 9.03. The summed E-state index contributed by atoms with van der Waals surface area (Å²) in [5.74, 6) is 1.65. The van der Waals surface area contributed by atoms with Crippen molar-refractivity contribution >= 4 is 0 Å². The minimum absolute atomic E-state index is 0.0793. The maximum absolute atomic E-state index is 13.3. The van der Waals surface area contributed by atoms with Crippen LogP contribution in [-0.2, 0) is 13.0 Å². The molecule has 1 aliphatic carbocycles. The SMILES string of the molecule is CCCCc1cn(C2C(C)C2C)c(=O)n1Cc1ccc(-c2ccccc2-c2nn[nH]n2)cn1. The number of benzene rings is 1. The molecule has 1 saturated carbocycles. The number of pyridine rings is 1. The number of aromatic nitrogens is 7. The van der Waals surface area contributed by atoms with Crippen LogP contribution in [0.5, 0.6) is 0 Å². The number of aryl methyl sites for hydroxylation is 1. The molecule has 8 nitrogen and oxygen atoms in total. The monoisotopic (exact) mass is 443 g/mol. The van der Waals surface area contributed by atoms with Crippen LogP contribution in [0.3, 0.4) is 0 Å². The van der Waals surface area contributed by atoms with Crippen molar-refractivity contribution in [1.82, 2.24) is 34.7 Å². The van der Waals surface area contributed by atoms with E-state index in [1.54, 1.807) is 0 Å². The third-order valence-electron chi connectivity index (χ3n) is 6.93. The minimum atomic E-state index is 0.0793. The summed E-state index contributed by atoms with van der Waals surface area (Å²) in [5, 5.41) is 14.4. The molecule has 0 radical (unpaired) electrons. The molecule has 33 heavy (non-hydrogen) atoms. The van der Waals surface area contributed by atoms with Gasteiger partial charge in [0.05, 0.1) is 12.2 Å². The number of H-pyrrole nitrogens is 1. The third kappa shape index (κ3) is 4.01. The van der Waals surface area contributed by atoms with E-state index < -0.39 is 0 Å². The van der Waals surface area contributed by atoms with Gasteiger partial charge in [-0.25, -0.2) is 4.79 Å². The van der Waals surface area contributed by atoms with E-state index in [1.807, 2.05) is 51.7 Å². The van der Waals surface area contributed by atoms with Gasteiger partial charge in [-0.15, -0.1) is 10.2 Å². The molecule has 5 rings (SSSR count). The van der Waals surface area contributed by atoms with E-state index in [1.165, 1.54) is 0 Å². The van der Waals surface area contributed by atoms with E-state index in [2.05, 4.69) is 47.6 Å². The topological polar surface area (TPSA) is 94.3 Å². The van der Waals surface area contributed by atoms with Crippen LogP contribution in [0.25, 0.3) is 22.5 Å². The van der Waals surface area contributed by atoms with Crippen molar-refractivity contribution < 1.29 is 0 Å². The Labute approximate surface area is 192 Å². The summed E-state index contributed by atoms with van der Waals surface area (Å²) in [7, 11) is 0. The molecule has 0 aliphatic heterocycles. The first kappa shape index (κ1) is 21.3. The third-order valence-corrected chi connectivity index (χ3v) is 6.93. The zero-order valence-electron chi connectivity index (χ0n) is 19.3. The predicted octanol–water partition coefficient (Wildman–Crippen LogP) is 4.11. The molecule has 3 heterocycles. The van der Waals surface area contributed by atoms with Crippen LogP contribution >= 0.6 is 0 Å². The van der Waals surface area contributed by atoms with Crippen LogP contribution in [-0.4, -0.2) is 34.7 Å². The molecule has 2 unspecified atom stereocenters. The van der Waals surface area contributed by atoms with Crippen molar-refractivity contribution in [2.24, 2.45) is 11.8 Å². The smallest absolute Gasteiger partial charge is 0.295 e. The molecule has 0 amide bonds. The first-order chi connectivity index (χ1) is 16.1. The summed E-state index contributed by atoms with van der Waals surface area (Å²) >= 11 is 0. The number of hydrogen-bond donors (Lipinski definition) is 1. The lowest BCUT2D eigenvalue weighted by Gasteiger charge is -2.09. The van der Waals surface area contributed by atoms with E-state index in [9.17, 15) is 4.79 Å². The van der Waals surface area contributed by atoms with Crippen LogP contribution in [0.15, 0.2) is 53.6 Å². The minimum Gasteiger partial charge on any atom is -0.295 e. The zero-order chi connectivity index (χ0) is 22.9. The van der Waals surface area contributed by atoms with Gasteiger partial charge in [0.15, 0.2) is 0 Å². The Hall–Kier alpha value is -3.55. The molecule has 1 fully saturated rings. The van der Waals surface area contributed by atoms with E-state index >= 15 is 0 Å². The number of tetrazole rings is 1. The molecule has 1 aromatic carbocycles.